The van der Waals surface area contributed by atoms with Crippen molar-refractivity contribution in [3.05, 3.63) is 24.0 Å². The molecule has 0 fully saturated rings. The summed E-state index contributed by atoms with van der Waals surface area (Å²) in [7, 11) is 1.90. The van der Waals surface area contributed by atoms with Crippen LogP contribution in [-0.4, -0.2) is 18.1 Å². The summed E-state index contributed by atoms with van der Waals surface area (Å²) in [5.74, 6) is 0. The van der Waals surface area contributed by atoms with Crippen LogP contribution in [0.5, 0.6) is 0 Å². The van der Waals surface area contributed by atoms with Crippen LogP contribution in [0.2, 0.25) is 0 Å². The first-order valence-electron chi connectivity index (χ1n) is 4.65. The van der Waals surface area contributed by atoms with Gasteiger partial charge in [-0.3, -0.25) is 0 Å². The van der Waals surface area contributed by atoms with E-state index in [0.717, 1.165) is 5.69 Å². The van der Waals surface area contributed by atoms with Crippen molar-refractivity contribution in [2.24, 2.45) is 0 Å². The molecule has 4 nitrogen and oxygen atoms in total. The number of anilines is 1. The van der Waals surface area contributed by atoms with Crippen molar-refractivity contribution in [1.29, 1.82) is 10.5 Å². The first kappa shape index (κ1) is 11.0. The van der Waals surface area contributed by atoms with Crippen LogP contribution in [0.1, 0.15) is 19.0 Å². The summed E-state index contributed by atoms with van der Waals surface area (Å²) in [6.45, 7) is 1.97. The summed E-state index contributed by atoms with van der Waals surface area (Å²) in [6, 6.07) is 7.79. The maximum Gasteiger partial charge on any atom is 0.142 e. The second kappa shape index (κ2) is 4.97. The number of nitrogens with zero attached hydrogens (tertiary/aromatic N) is 4. The molecular formula is C11H12N4. The van der Waals surface area contributed by atoms with E-state index in [1.54, 1.807) is 12.3 Å². The number of nitriles is 2. The Morgan fingerprint density at radius 2 is 2.27 bits per heavy atom. The maximum absolute atomic E-state index is 8.70. The van der Waals surface area contributed by atoms with Crippen molar-refractivity contribution in [3.63, 3.8) is 0 Å². The van der Waals surface area contributed by atoms with Crippen LogP contribution in [0.3, 0.4) is 0 Å². The van der Waals surface area contributed by atoms with Crippen LogP contribution in [0.15, 0.2) is 18.3 Å². The summed E-state index contributed by atoms with van der Waals surface area (Å²) in [5, 5.41) is 17.3. The zero-order valence-electron chi connectivity index (χ0n) is 8.81. The Labute approximate surface area is 89.4 Å². The lowest BCUT2D eigenvalue weighted by Crippen LogP contribution is -2.28. The van der Waals surface area contributed by atoms with Crippen molar-refractivity contribution in [2.75, 3.05) is 11.9 Å². The molecule has 1 rings (SSSR count). The van der Waals surface area contributed by atoms with E-state index in [2.05, 4.69) is 11.1 Å². The third-order valence-corrected chi connectivity index (χ3v) is 2.31. The van der Waals surface area contributed by atoms with E-state index in [1.807, 2.05) is 31.0 Å². The Morgan fingerprint density at radius 1 is 1.53 bits per heavy atom. The van der Waals surface area contributed by atoms with Crippen molar-refractivity contribution >= 4 is 5.69 Å². The standard InChI is InChI=1S/C11H12N4/c1-9(3-5-12)15(2)11-4-6-14-10(7-11)8-13/h4,6-7,9H,3H2,1-2H3. The number of hydrogen-bond donors (Lipinski definition) is 0. The molecule has 1 aromatic rings. The molecule has 1 unspecified atom stereocenters. The van der Waals surface area contributed by atoms with Gasteiger partial charge in [-0.05, 0) is 19.1 Å². The van der Waals surface area contributed by atoms with Crippen LogP contribution < -0.4 is 4.90 Å². The van der Waals surface area contributed by atoms with E-state index in [4.69, 9.17) is 10.5 Å². The fraction of sp³-hybridized carbons (Fsp3) is 0.364. The van der Waals surface area contributed by atoms with Crippen LogP contribution in [0.4, 0.5) is 5.69 Å². The third kappa shape index (κ3) is 2.69. The van der Waals surface area contributed by atoms with E-state index in [0.29, 0.717) is 12.1 Å². The van der Waals surface area contributed by atoms with Crippen LogP contribution >= 0.6 is 0 Å². The molecule has 0 radical (unpaired) electrons. The largest absolute Gasteiger partial charge is 0.371 e. The second-order valence-corrected chi connectivity index (χ2v) is 3.33. The fourth-order valence-electron chi connectivity index (χ4n) is 1.22. The van der Waals surface area contributed by atoms with Gasteiger partial charge in [0.25, 0.3) is 0 Å². The van der Waals surface area contributed by atoms with Crippen LogP contribution in [-0.2, 0) is 0 Å². The maximum atomic E-state index is 8.70. The van der Waals surface area contributed by atoms with Gasteiger partial charge < -0.3 is 4.90 Å². The van der Waals surface area contributed by atoms with Gasteiger partial charge in [0.2, 0.25) is 0 Å². The number of pyridine rings is 1. The molecule has 0 aliphatic rings. The fourth-order valence-corrected chi connectivity index (χ4v) is 1.22. The SMILES string of the molecule is CC(CC#N)N(C)c1ccnc(C#N)c1. The van der Waals surface area contributed by atoms with Gasteiger partial charge in [0.15, 0.2) is 0 Å². The zero-order valence-corrected chi connectivity index (χ0v) is 8.81. The molecule has 1 aromatic heterocycles. The smallest absolute Gasteiger partial charge is 0.142 e. The van der Waals surface area contributed by atoms with Gasteiger partial charge in [-0.2, -0.15) is 10.5 Å². The molecule has 0 saturated heterocycles. The minimum Gasteiger partial charge on any atom is -0.371 e. The summed E-state index contributed by atoms with van der Waals surface area (Å²) in [6.07, 6.45) is 2.06. The van der Waals surface area contributed by atoms with Gasteiger partial charge >= 0.3 is 0 Å². The molecule has 15 heavy (non-hydrogen) atoms. The van der Waals surface area contributed by atoms with Crippen molar-refractivity contribution < 1.29 is 0 Å². The van der Waals surface area contributed by atoms with E-state index < -0.39 is 0 Å². The molecule has 76 valence electrons. The lowest BCUT2D eigenvalue weighted by molar-refractivity contribution is 0.702. The topological polar surface area (TPSA) is 63.7 Å². The molecule has 4 heteroatoms. The molecule has 0 aliphatic carbocycles. The number of hydrogen-bond acceptors (Lipinski definition) is 4. The average Bonchev–Trinajstić information content (AvgIpc) is 2.28. The van der Waals surface area contributed by atoms with Gasteiger partial charge in [0.1, 0.15) is 11.8 Å². The highest BCUT2D eigenvalue weighted by Crippen LogP contribution is 2.16. The molecule has 0 saturated carbocycles. The zero-order chi connectivity index (χ0) is 11.3. The second-order valence-electron chi connectivity index (χ2n) is 3.33. The first-order valence-corrected chi connectivity index (χ1v) is 4.65. The Hall–Kier alpha value is -2.07. The van der Waals surface area contributed by atoms with Crippen LogP contribution in [0, 0.1) is 22.7 Å². The summed E-state index contributed by atoms with van der Waals surface area (Å²) in [4.78, 5) is 5.86. The molecular weight excluding hydrogens is 188 g/mol. The minimum absolute atomic E-state index is 0.129. The third-order valence-electron chi connectivity index (χ3n) is 2.31. The highest BCUT2D eigenvalue weighted by Gasteiger charge is 2.09. The minimum atomic E-state index is 0.129. The quantitative estimate of drug-likeness (QED) is 0.744. The highest BCUT2D eigenvalue weighted by atomic mass is 15.1. The summed E-state index contributed by atoms with van der Waals surface area (Å²) in [5.41, 5.74) is 1.30. The highest BCUT2D eigenvalue weighted by molar-refractivity contribution is 5.48. The van der Waals surface area contributed by atoms with E-state index in [1.165, 1.54) is 0 Å². The monoisotopic (exact) mass is 200 g/mol. The molecule has 0 N–H and O–H groups in total. The van der Waals surface area contributed by atoms with Crippen LogP contribution in [0.25, 0.3) is 0 Å². The van der Waals surface area contributed by atoms with Crippen molar-refractivity contribution in [3.8, 4) is 12.1 Å². The van der Waals surface area contributed by atoms with E-state index >= 15 is 0 Å². The van der Waals surface area contributed by atoms with Gasteiger partial charge in [-0.25, -0.2) is 4.98 Å². The molecule has 0 amide bonds. The molecule has 0 aromatic carbocycles. The molecule has 1 atom stereocenters. The Morgan fingerprint density at radius 3 is 2.87 bits per heavy atom. The van der Waals surface area contributed by atoms with E-state index in [-0.39, 0.29) is 6.04 Å². The van der Waals surface area contributed by atoms with Gasteiger partial charge in [-0.15, -0.1) is 0 Å². The van der Waals surface area contributed by atoms with Gasteiger partial charge in [0.05, 0.1) is 12.5 Å². The van der Waals surface area contributed by atoms with E-state index in [9.17, 15) is 0 Å². The normalized spacial score (nSPS) is 11.2. The Balaban J connectivity index is 2.87. The predicted octanol–water partition coefficient (Wildman–Crippen LogP) is 1.69. The average molecular weight is 200 g/mol. The van der Waals surface area contributed by atoms with Crippen molar-refractivity contribution in [1.82, 2.24) is 4.98 Å². The lowest BCUT2D eigenvalue weighted by atomic mass is 10.2. The summed E-state index contributed by atoms with van der Waals surface area (Å²) >= 11 is 0. The molecule has 0 spiro atoms. The summed E-state index contributed by atoms with van der Waals surface area (Å²) < 4.78 is 0. The van der Waals surface area contributed by atoms with Crippen molar-refractivity contribution in [2.45, 2.75) is 19.4 Å². The van der Waals surface area contributed by atoms with Gasteiger partial charge in [0, 0.05) is 25.0 Å². The molecule has 0 aliphatic heterocycles. The van der Waals surface area contributed by atoms with Gasteiger partial charge in [-0.1, -0.05) is 0 Å². The lowest BCUT2D eigenvalue weighted by Gasteiger charge is -2.24. The molecule has 0 bridgehead atoms. The number of rotatable bonds is 3. The Bertz CT molecular complexity index is 413. The first-order chi connectivity index (χ1) is 7.19. The predicted molar refractivity (Wildman–Crippen MR) is 57.0 cm³/mol. The molecule has 1 heterocycles. The number of aromatic nitrogens is 1. The Kier molecular flexibility index (Phi) is 3.65.